The monoisotopic (exact) mass is 695 g/mol. The summed E-state index contributed by atoms with van der Waals surface area (Å²) in [6.07, 6.45) is 1.77. The molecule has 0 saturated heterocycles. The van der Waals surface area contributed by atoms with Crippen LogP contribution in [0.15, 0.2) is 102 Å². The van der Waals surface area contributed by atoms with Crippen LogP contribution in [0.4, 0.5) is 10.1 Å². The van der Waals surface area contributed by atoms with Crippen molar-refractivity contribution in [3.63, 3.8) is 0 Å². The first-order valence-electron chi connectivity index (χ1n) is 15.4. The maximum absolute atomic E-state index is 14.5. The number of amides is 2. The lowest BCUT2D eigenvalue weighted by Gasteiger charge is -2.34. The van der Waals surface area contributed by atoms with Crippen molar-refractivity contribution in [2.75, 3.05) is 31.6 Å². The highest BCUT2D eigenvalue weighted by Crippen LogP contribution is 2.32. The molecule has 0 aliphatic heterocycles. The zero-order valence-corrected chi connectivity index (χ0v) is 28.6. The molecule has 0 aliphatic rings. The van der Waals surface area contributed by atoms with Gasteiger partial charge < -0.3 is 19.7 Å². The minimum absolute atomic E-state index is 0.0360. The molecular weight excluding hydrogens is 657 g/mol. The summed E-state index contributed by atoms with van der Waals surface area (Å²) >= 11 is 6.30. The molecule has 4 aromatic carbocycles. The van der Waals surface area contributed by atoms with Gasteiger partial charge >= 0.3 is 0 Å². The molecule has 12 heteroatoms. The summed E-state index contributed by atoms with van der Waals surface area (Å²) in [5.41, 5.74) is 1.51. The molecule has 9 nitrogen and oxygen atoms in total. The summed E-state index contributed by atoms with van der Waals surface area (Å²) in [4.78, 5) is 29.6. The van der Waals surface area contributed by atoms with Crippen molar-refractivity contribution in [1.82, 2.24) is 10.2 Å². The fraction of sp³-hybridized carbons (Fsp3) is 0.278. The molecule has 0 spiro atoms. The van der Waals surface area contributed by atoms with Gasteiger partial charge in [0.25, 0.3) is 10.0 Å². The van der Waals surface area contributed by atoms with Gasteiger partial charge in [-0.15, -0.1) is 0 Å². The number of halogens is 2. The number of nitrogens with one attached hydrogen (secondary N) is 1. The van der Waals surface area contributed by atoms with E-state index in [1.165, 1.54) is 49.5 Å². The molecule has 4 aromatic rings. The summed E-state index contributed by atoms with van der Waals surface area (Å²) in [7, 11) is -1.65. The van der Waals surface area contributed by atoms with Crippen LogP contribution in [0.25, 0.3) is 0 Å². The van der Waals surface area contributed by atoms with Crippen molar-refractivity contribution in [2.24, 2.45) is 0 Å². The number of rotatable bonds is 16. The second-order valence-electron chi connectivity index (χ2n) is 11.0. The standard InChI is InChI=1S/C36H39ClFN3O6S/c1-4-5-20-39-36(43)32(22-26-10-7-6-8-11-26)40(24-27-12-9-13-28(37)21-27)35(42)25-41(30-16-14-29(38)15-17-30)48(44,45)31-18-19-33(46-2)34(23-31)47-3/h6-19,21,23,32H,4-5,20,22,24-25H2,1-3H3,(H,39,43)/t32-/m0/s1. The van der Waals surface area contributed by atoms with Crippen molar-refractivity contribution in [3.05, 3.63) is 119 Å². The molecule has 0 aromatic heterocycles. The van der Waals surface area contributed by atoms with Crippen LogP contribution in [0.2, 0.25) is 5.02 Å². The first kappa shape index (κ1) is 36.2. The van der Waals surface area contributed by atoms with Gasteiger partial charge in [0.15, 0.2) is 11.5 Å². The van der Waals surface area contributed by atoms with E-state index in [-0.39, 0.29) is 35.2 Å². The molecule has 0 bridgehead atoms. The zero-order chi connectivity index (χ0) is 34.7. The van der Waals surface area contributed by atoms with E-state index in [1.54, 1.807) is 24.3 Å². The average Bonchev–Trinajstić information content (AvgIpc) is 3.09. The van der Waals surface area contributed by atoms with Crippen LogP contribution in [0, 0.1) is 5.82 Å². The number of nitrogens with zero attached hydrogens (tertiary/aromatic N) is 2. The SMILES string of the molecule is CCCCNC(=O)[C@H](Cc1ccccc1)N(Cc1cccc(Cl)c1)C(=O)CN(c1ccc(F)cc1)S(=O)(=O)c1ccc(OC)c(OC)c1. The van der Waals surface area contributed by atoms with Crippen LogP contribution in [0.3, 0.4) is 0 Å². The molecule has 0 radical (unpaired) electrons. The highest BCUT2D eigenvalue weighted by molar-refractivity contribution is 7.92. The highest BCUT2D eigenvalue weighted by atomic mass is 35.5. The lowest BCUT2D eigenvalue weighted by Crippen LogP contribution is -2.53. The molecule has 4 rings (SSSR count). The second-order valence-corrected chi connectivity index (χ2v) is 13.3. The van der Waals surface area contributed by atoms with Crippen molar-refractivity contribution in [3.8, 4) is 11.5 Å². The molecule has 0 unspecified atom stereocenters. The maximum atomic E-state index is 14.5. The summed E-state index contributed by atoms with van der Waals surface area (Å²) < 4.78 is 54.1. The molecule has 1 atom stereocenters. The largest absolute Gasteiger partial charge is 0.493 e. The smallest absolute Gasteiger partial charge is 0.264 e. The van der Waals surface area contributed by atoms with Gasteiger partial charge in [-0.25, -0.2) is 12.8 Å². The lowest BCUT2D eigenvalue weighted by atomic mass is 10.0. The highest BCUT2D eigenvalue weighted by Gasteiger charge is 2.35. The van der Waals surface area contributed by atoms with E-state index in [0.29, 0.717) is 22.9 Å². The van der Waals surface area contributed by atoms with Crippen LogP contribution in [-0.4, -0.2) is 58.5 Å². The number of ether oxygens (including phenoxy) is 2. The number of hydrogen-bond donors (Lipinski definition) is 1. The van der Waals surface area contributed by atoms with Gasteiger partial charge in [-0.05, 0) is 66.1 Å². The number of methoxy groups -OCH3 is 2. The fourth-order valence-corrected chi connectivity index (χ4v) is 6.78. The van der Waals surface area contributed by atoms with Gasteiger partial charge in [-0.2, -0.15) is 0 Å². The molecule has 0 saturated carbocycles. The van der Waals surface area contributed by atoms with Gasteiger partial charge in [0.05, 0.1) is 24.8 Å². The third-order valence-corrected chi connectivity index (χ3v) is 9.68. The Morgan fingerprint density at radius 1 is 0.875 bits per heavy atom. The van der Waals surface area contributed by atoms with E-state index in [9.17, 15) is 22.4 Å². The van der Waals surface area contributed by atoms with Crippen LogP contribution >= 0.6 is 11.6 Å². The third-order valence-electron chi connectivity index (χ3n) is 7.68. The average molecular weight is 696 g/mol. The summed E-state index contributed by atoms with van der Waals surface area (Å²) in [6, 6.07) is 24.0. The summed E-state index contributed by atoms with van der Waals surface area (Å²) in [5.74, 6) is -1.14. The minimum Gasteiger partial charge on any atom is -0.493 e. The number of carbonyl (C=O) groups excluding carboxylic acids is 2. The Labute approximate surface area is 286 Å². The quantitative estimate of drug-likeness (QED) is 0.139. The molecule has 0 aliphatic carbocycles. The Bertz CT molecular complexity index is 1790. The van der Waals surface area contributed by atoms with Gasteiger partial charge in [0.2, 0.25) is 11.8 Å². The predicted molar refractivity (Wildman–Crippen MR) is 184 cm³/mol. The first-order valence-corrected chi connectivity index (χ1v) is 17.2. The Kier molecular flexibility index (Phi) is 12.8. The summed E-state index contributed by atoms with van der Waals surface area (Å²) in [5, 5.41) is 3.39. The maximum Gasteiger partial charge on any atom is 0.264 e. The van der Waals surface area contributed by atoms with E-state index in [4.69, 9.17) is 21.1 Å². The number of sulfonamides is 1. The van der Waals surface area contributed by atoms with Crippen LogP contribution in [0.5, 0.6) is 11.5 Å². The van der Waals surface area contributed by atoms with E-state index in [0.717, 1.165) is 34.8 Å². The molecule has 2 amide bonds. The van der Waals surface area contributed by atoms with Crippen molar-refractivity contribution in [1.29, 1.82) is 0 Å². The molecule has 0 fully saturated rings. The van der Waals surface area contributed by atoms with Crippen molar-refractivity contribution < 1.29 is 31.9 Å². The fourth-order valence-electron chi connectivity index (χ4n) is 5.13. The van der Waals surface area contributed by atoms with Crippen LogP contribution in [-0.2, 0) is 32.6 Å². The van der Waals surface area contributed by atoms with Crippen molar-refractivity contribution >= 4 is 39.1 Å². The summed E-state index contributed by atoms with van der Waals surface area (Å²) in [6.45, 7) is 1.68. The number of carbonyl (C=O) groups is 2. The van der Waals surface area contributed by atoms with E-state index in [2.05, 4.69) is 5.32 Å². The third kappa shape index (κ3) is 9.26. The number of unbranched alkanes of at least 4 members (excludes halogenated alkanes) is 1. The Morgan fingerprint density at radius 2 is 1.56 bits per heavy atom. The normalized spacial score (nSPS) is 11.8. The number of hydrogen-bond acceptors (Lipinski definition) is 6. The first-order chi connectivity index (χ1) is 23.1. The Balaban J connectivity index is 1.81. The second kappa shape index (κ2) is 17.0. The Hall–Kier alpha value is -4.61. The zero-order valence-electron chi connectivity index (χ0n) is 27.1. The Morgan fingerprint density at radius 3 is 2.21 bits per heavy atom. The number of anilines is 1. The van der Waals surface area contributed by atoms with Gasteiger partial charge in [0, 0.05) is 30.6 Å². The molecule has 48 heavy (non-hydrogen) atoms. The molecule has 1 N–H and O–H groups in total. The molecular formula is C36H39ClFN3O6S. The van der Waals surface area contributed by atoms with Crippen LogP contribution < -0.4 is 19.1 Å². The number of benzene rings is 4. The predicted octanol–water partition coefficient (Wildman–Crippen LogP) is 6.25. The lowest BCUT2D eigenvalue weighted by molar-refractivity contribution is -0.140. The van der Waals surface area contributed by atoms with Gasteiger partial charge in [-0.1, -0.05) is 67.4 Å². The van der Waals surface area contributed by atoms with Gasteiger partial charge in [-0.3, -0.25) is 13.9 Å². The molecule has 0 heterocycles. The van der Waals surface area contributed by atoms with E-state index < -0.39 is 34.3 Å². The minimum atomic E-state index is -4.45. The van der Waals surface area contributed by atoms with E-state index >= 15 is 0 Å². The van der Waals surface area contributed by atoms with E-state index in [1.807, 2.05) is 37.3 Å². The topological polar surface area (TPSA) is 105 Å². The van der Waals surface area contributed by atoms with Gasteiger partial charge in [0.1, 0.15) is 18.4 Å². The van der Waals surface area contributed by atoms with Crippen molar-refractivity contribution in [2.45, 2.75) is 43.7 Å². The van der Waals surface area contributed by atoms with Crippen LogP contribution in [0.1, 0.15) is 30.9 Å². The molecule has 254 valence electrons.